The monoisotopic (exact) mass is 376 g/mol. The quantitative estimate of drug-likeness (QED) is 0.652. The Balaban J connectivity index is 1.78. The summed E-state index contributed by atoms with van der Waals surface area (Å²) in [7, 11) is 0. The Morgan fingerprint density at radius 3 is 2.48 bits per heavy atom. The first kappa shape index (κ1) is 18.3. The van der Waals surface area contributed by atoms with Crippen molar-refractivity contribution in [2.24, 2.45) is 0 Å². The van der Waals surface area contributed by atoms with E-state index in [2.05, 4.69) is 20.6 Å². The Labute approximate surface area is 151 Å². The lowest BCUT2D eigenvalue weighted by molar-refractivity contribution is -0.137. The summed E-state index contributed by atoms with van der Waals surface area (Å²) in [6.07, 6.45) is -3.40. The highest BCUT2D eigenvalue weighted by Crippen LogP contribution is 2.31. The molecule has 0 radical (unpaired) electrons. The maximum atomic E-state index is 13.6. The minimum Gasteiger partial charge on any atom is -0.340 e. The molecule has 0 fully saturated rings. The fourth-order valence-electron chi connectivity index (χ4n) is 2.22. The second-order valence-corrected chi connectivity index (χ2v) is 5.43. The summed E-state index contributed by atoms with van der Waals surface area (Å²) in [5.41, 5.74) is -0.778. The fraction of sp³-hybridized carbons (Fsp3) is 0.0556. The van der Waals surface area contributed by atoms with Gasteiger partial charge in [0.25, 0.3) is 5.91 Å². The summed E-state index contributed by atoms with van der Waals surface area (Å²) in [6, 6.07) is 11.4. The first-order chi connectivity index (χ1) is 12.8. The third-order valence-electron chi connectivity index (χ3n) is 3.48. The van der Waals surface area contributed by atoms with Crippen molar-refractivity contribution in [1.82, 2.24) is 9.97 Å². The number of para-hydroxylation sites is 1. The Morgan fingerprint density at radius 2 is 1.74 bits per heavy atom. The number of rotatable bonds is 4. The van der Waals surface area contributed by atoms with Crippen molar-refractivity contribution in [3.63, 3.8) is 0 Å². The molecule has 0 aliphatic heterocycles. The maximum Gasteiger partial charge on any atom is 0.416 e. The number of carbonyl (C=O) groups excluding carboxylic acids is 1. The van der Waals surface area contributed by atoms with E-state index >= 15 is 0 Å². The van der Waals surface area contributed by atoms with Crippen molar-refractivity contribution in [2.45, 2.75) is 6.18 Å². The van der Waals surface area contributed by atoms with Gasteiger partial charge in [-0.2, -0.15) is 13.2 Å². The Hall–Kier alpha value is -3.49. The van der Waals surface area contributed by atoms with Crippen molar-refractivity contribution < 1.29 is 22.4 Å². The number of nitrogens with one attached hydrogen (secondary N) is 2. The second-order valence-electron chi connectivity index (χ2n) is 5.43. The molecule has 1 aromatic heterocycles. The summed E-state index contributed by atoms with van der Waals surface area (Å²) in [4.78, 5) is 19.9. The van der Waals surface area contributed by atoms with Crippen molar-refractivity contribution in [3.8, 4) is 0 Å². The number of hydrogen-bond acceptors (Lipinski definition) is 4. The number of aromatic nitrogens is 2. The van der Waals surface area contributed by atoms with Crippen molar-refractivity contribution in [1.29, 1.82) is 0 Å². The van der Waals surface area contributed by atoms with Gasteiger partial charge in [-0.1, -0.05) is 18.2 Å². The van der Waals surface area contributed by atoms with Gasteiger partial charge in [0.05, 0.1) is 11.3 Å². The van der Waals surface area contributed by atoms with Crippen molar-refractivity contribution in [3.05, 3.63) is 78.0 Å². The zero-order chi connectivity index (χ0) is 19.4. The lowest BCUT2D eigenvalue weighted by Crippen LogP contribution is -2.15. The third-order valence-corrected chi connectivity index (χ3v) is 3.48. The highest BCUT2D eigenvalue weighted by Gasteiger charge is 2.30. The molecule has 0 spiro atoms. The molecule has 1 amide bonds. The number of benzene rings is 2. The first-order valence-electron chi connectivity index (χ1n) is 7.65. The van der Waals surface area contributed by atoms with E-state index in [0.717, 1.165) is 18.5 Å². The highest BCUT2D eigenvalue weighted by molar-refractivity contribution is 6.03. The van der Waals surface area contributed by atoms with E-state index in [-0.39, 0.29) is 22.9 Å². The van der Waals surface area contributed by atoms with Crippen LogP contribution in [0.25, 0.3) is 0 Å². The van der Waals surface area contributed by atoms with Crippen molar-refractivity contribution >= 4 is 23.1 Å². The van der Waals surface area contributed by atoms with E-state index in [1.807, 2.05) is 0 Å². The molecule has 9 heteroatoms. The van der Waals surface area contributed by atoms with Gasteiger partial charge in [-0.25, -0.2) is 14.4 Å². The zero-order valence-electron chi connectivity index (χ0n) is 13.6. The van der Waals surface area contributed by atoms with Crippen LogP contribution in [0.4, 0.5) is 34.8 Å². The van der Waals surface area contributed by atoms with E-state index in [9.17, 15) is 22.4 Å². The molecule has 27 heavy (non-hydrogen) atoms. The average Bonchev–Trinajstić information content (AvgIpc) is 2.63. The van der Waals surface area contributed by atoms with Gasteiger partial charge < -0.3 is 10.6 Å². The molecule has 0 atom stereocenters. The van der Waals surface area contributed by atoms with Crippen LogP contribution in [-0.2, 0) is 6.18 Å². The van der Waals surface area contributed by atoms with Gasteiger partial charge in [-0.15, -0.1) is 0 Å². The van der Waals surface area contributed by atoms with E-state index in [0.29, 0.717) is 0 Å². The largest absolute Gasteiger partial charge is 0.416 e. The number of halogens is 4. The molecule has 0 unspecified atom stereocenters. The van der Waals surface area contributed by atoms with Crippen LogP contribution in [0.2, 0.25) is 0 Å². The average molecular weight is 376 g/mol. The van der Waals surface area contributed by atoms with Crippen LogP contribution in [0, 0.1) is 5.82 Å². The standard InChI is InChI=1S/C18H12F4N4O/c19-13-6-1-2-7-14(13)26-17(27)15-9-16(24-10-23-15)25-12-5-3-4-11(8-12)18(20,21)22/h1-10H,(H,26,27)(H,23,24,25). The highest BCUT2D eigenvalue weighted by atomic mass is 19.4. The summed E-state index contributed by atoms with van der Waals surface area (Å²) in [6.45, 7) is 0. The number of hydrogen-bond donors (Lipinski definition) is 2. The maximum absolute atomic E-state index is 13.6. The number of nitrogens with zero attached hydrogens (tertiary/aromatic N) is 2. The lowest BCUT2D eigenvalue weighted by Gasteiger charge is -2.11. The molecule has 0 bridgehead atoms. The van der Waals surface area contributed by atoms with E-state index in [4.69, 9.17) is 0 Å². The zero-order valence-corrected chi connectivity index (χ0v) is 13.6. The minimum atomic E-state index is -4.48. The Morgan fingerprint density at radius 1 is 0.963 bits per heavy atom. The molecule has 0 saturated heterocycles. The van der Waals surface area contributed by atoms with Gasteiger partial charge in [0.1, 0.15) is 23.7 Å². The number of carbonyl (C=O) groups is 1. The molecule has 3 rings (SSSR count). The third kappa shape index (κ3) is 4.57. The molecule has 2 aromatic carbocycles. The van der Waals surface area contributed by atoms with Gasteiger partial charge in [-0.3, -0.25) is 4.79 Å². The van der Waals surface area contributed by atoms with Crippen LogP contribution in [0.1, 0.15) is 16.1 Å². The second kappa shape index (κ2) is 7.40. The summed E-state index contributed by atoms with van der Waals surface area (Å²) in [5.74, 6) is -1.18. The number of amides is 1. The minimum absolute atomic E-state index is 0.0199. The van der Waals surface area contributed by atoms with Gasteiger partial charge >= 0.3 is 6.18 Å². The smallest absolute Gasteiger partial charge is 0.340 e. The molecule has 138 valence electrons. The van der Waals surface area contributed by atoms with Crippen LogP contribution in [0.15, 0.2) is 60.9 Å². The van der Waals surface area contributed by atoms with Crippen molar-refractivity contribution in [2.75, 3.05) is 10.6 Å². The summed E-state index contributed by atoms with van der Waals surface area (Å²) < 4.78 is 52.0. The fourth-order valence-corrected chi connectivity index (χ4v) is 2.22. The summed E-state index contributed by atoms with van der Waals surface area (Å²) in [5, 5.41) is 5.05. The Kier molecular flexibility index (Phi) is 5.02. The Bertz CT molecular complexity index is 975. The predicted molar refractivity (Wildman–Crippen MR) is 91.1 cm³/mol. The van der Waals surface area contributed by atoms with Crippen LogP contribution >= 0.6 is 0 Å². The number of anilines is 3. The van der Waals surface area contributed by atoms with Gasteiger partial charge in [0.15, 0.2) is 0 Å². The molecule has 0 aliphatic rings. The van der Waals surface area contributed by atoms with Crippen LogP contribution in [0.5, 0.6) is 0 Å². The van der Waals surface area contributed by atoms with E-state index in [1.54, 1.807) is 6.07 Å². The van der Waals surface area contributed by atoms with E-state index in [1.165, 1.54) is 36.4 Å². The topological polar surface area (TPSA) is 66.9 Å². The molecule has 5 nitrogen and oxygen atoms in total. The first-order valence-corrected chi connectivity index (χ1v) is 7.65. The predicted octanol–water partition coefficient (Wildman–Crippen LogP) is 4.63. The molecule has 0 saturated carbocycles. The molecule has 2 N–H and O–H groups in total. The van der Waals surface area contributed by atoms with Crippen LogP contribution < -0.4 is 10.6 Å². The van der Waals surface area contributed by atoms with Gasteiger partial charge in [0.2, 0.25) is 0 Å². The number of alkyl halides is 3. The molecule has 0 aliphatic carbocycles. The molecular weight excluding hydrogens is 364 g/mol. The van der Waals surface area contributed by atoms with Crippen LogP contribution in [0.3, 0.4) is 0 Å². The SMILES string of the molecule is O=C(Nc1ccccc1F)c1cc(Nc2cccc(C(F)(F)F)c2)ncn1. The normalized spacial score (nSPS) is 11.1. The van der Waals surface area contributed by atoms with E-state index < -0.39 is 23.5 Å². The van der Waals surface area contributed by atoms with Gasteiger partial charge in [0, 0.05) is 11.8 Å². The molecular formula is C18H12F4N4O. The molecule has 3 aromatic rings. The lowest BCUT2D eigenvalue weighted by atomic mass is 10.2. The summed E-state index contributed by atoms with van der Waals surface area (Å²) >= 11 is 0. The molecule has 1 heterocycles. The van der Waals surface area contributed by atoms with Crippen LogP contribution in [-0.4, -0.2) is 15.9 Å². The van der Waals surface area contributed by atoms with Gasteiger partial charge in [-0.05, 0) is 30.3 Å².